The highest BCUT2D eigenvalue weighted by molar-refractivity contribution is 9.11. The lowest BCUT2D eigenvalue weighted by atomic mass is 10.3. The zero-order chi connectivity index (χ0) is 12.9. The number of rotatable bonds is 7. The normalized spacial score (nSPS) is 13.8. The summed E-state index contributed by atoms with van der Waals surface area (Å²) in [6.07, 6.45) is 0.529. The molecule has 1 N–H and O–H groups in total. The van der Waals surface area contributed by atoms with Crippen molar-refractivity contribution < 1.29 is 13.2 Å². The summed E-state index contributed by atoms with van der Waals surface area (Å²) in [6.45, 7) is 0.712. The third-order valence-corrected chi connectivity index (χ3v) is 5.83. The highest BCUT2D eigenvalue weighted by Gasteiger charge is 2.16. The number of thiophene rings is 1. The Hall–Kier alpha value is 0.340. The lowest BCUT2D eigenvalue weighted by Crippen LogP contribution is -2.26. The number of nitrogens with one attached hydrogen (secondary N) is 1. The fraction of sp³-hybridized carbons (Fsp3) is 0.556. The number of ether oxygens (including phenoxy) is 1. The van der Waals surface area contributed by atoms with Crippen molar-refractivity contribution in [2.75, 3.05) is 20.3 Å². The van der Waals surface area contributed by atoms with Gasteiger partial charge in [0.05, 0.1) is 15.8 Å². The van der Waals surface area contributed by atoms with Crippen molar-refractivity contribution in [2.24, 2.45) is 0 Å². The Balaban J connectivity index is 2.46. The molecule has 0 saturated heterocycles. The number of sulfonamides is 1. The van der Waals surface area contributed by atoms with Gasteiger partial charge >= 0.3 is 0 Å². The van der Waals surface area contributed by atoms with Gasteiger partial charge in [0.2, 0.25) is 10.0 Å². The van der Waals surface area contributed by atoms with Crippen LogP contribution in [0.5, 0.6) is 0 Å². The first kappa shape index (κ1) is 15.4. The summed E-state index contributed by atoms with van der Waals surface area (Å²) in [7, 11) is -1.85. The predicted octanol–water partition coefficient (Wildman–Crippen LogP) is 2.43. The maximum atomic E-state index is 11.8. The van der Waals surface area contributed by atoms with Crippen molar-refractivity contribution in [3.63, 3.8) is 0 Å². The van der Waals surface area contributed by atoms with Crippen molar-refractivity contribution in [1.29, 1.82) is 0 Å². The Morgan fingerprint density at radius 3 is 2.82 bits per heavy atom. The smallest absolute Gasteiger partial charge is 0.250 e. The molecule has 1 aromatic rings. The topological polar surface area (TPSA) is 55.4 Å². The quantitative estimate of drug-likeness (QED) is 0.758. The van der Waals surface area contributed by atoms with E-state index in [0.717, 1.165) is 3.79 Å². The van der Waals surface area contributed by atoms with Crippen LogP contribution in [0, 0.1) is 0 Å². The van der Waals surface area contributed by atoms with Crippen molar-refractivity contribution >= 4 is 48.9 Å². The van der Waals surface area contributed by atoms with E-state index in [4.69, 9.17) is 16.3 Å². The molecule has 0 aliphatic heterocycles. The minimum Gasteiger partial charge on any atom is -0.383 e. The minimum atomic E-state index is -3.41. The molecule has 8 heteroatoms. The molecule has 1 aromatic heterocycles. The maximum Gasteiger partial charge on any atom is 0.250 e. The van der Waals surface area contributed by atoms with E-state index < -0.39 is 10.0 Å². The van der Waals surface area contributed by atoms with Gasteiger partial charge in [0.1, 0.15) is 4.21 Å². The molecule has 0 fully saturated rings. The van der Waals surface area contributed by atoms with Crippen LogP contribution in [0.4, 0.5) is 0 Å². The molecule has 0 aromatic carbocycles. The second kappa shape index (κ2) is 7.06. The minimum absolute atomic E-state index is 0.183. The third-order valence-electron chi connectivity index (χ3n) is 1.91. The largest absolute Gasteiger partial charge is 0.383 e. The van der Waals surface area contributed by atoms with Gasteiger partial charge in [-0.1, -0.05) is 0 Å². The second-order valence-electron chi connectivity index (χ2n) is 3.30. The lowest BCUT2D eigenvalue weighted by molar-refractivity contribution is 0.196. The van der Waals surface area contributed by atoms with Gasteiger partial charge in [-0.3, -0.25) is 0 Å². The maximum absolute atomic E-state index is 11.8. The number of halogens is 2. The summed E-state index contributed by atoms with van der Waals surface area (Å²) < 4.78 is 32.0. The van der Waals surface area contributed by atoms with Gasteiger partial charge in [-0.05, 0) is 34.5 Å². The van der Waals surface area contributed by atoms with Crippen LogP contribution in [0.15, 0.2) is 20.1 Å². The number of hydrogen-bond acceptors (Lipinski definition) is 4. The van der Waals surface area contributed by atoms with Crippen LogP contribution in [0.2, 0.25) is 0 Å². The molecule has 98 valence electrons. The van der Waals surface area contributed by atoms with E-state index in [-0.39, 0.29) is 5.38 Å². The molecular weight excluding hydrogens is 350 g/mol. The summed E-state index contributed by atoms with van der Waals surface area (Å²) >= 11 is 10.3. The first-order chi connectivity index (χ1) is 7.95. The first-order valence-corrected chi connectivity index (χ1v) is 8.36. The Kier molecular flexibility index (Phi) is 6.39. The van der Waals surface area contributed by atoms with Crippen LogP contribution in [-0.4, -0.2) is 34.1 Å². The molecule has 1 unspecified atom stereocenters. The molecule has 1 rings (SSSR count). The molecule has 0 amide bonds. The summed E-state index contributed by atoms with van der Waals surface area (Å²) in [4.78, 5) is 0. The molecular formula is C9H13BrClNO3S2. The summed E-state index contributed by atoms with van der Waals surface area (Å²) in [5.41, 5.74) is 0. The van der Waals surface area contributed by atoms with Crippen LogP contribution >= 0.6 is 38.9 Å². The van der Waals surface area contributed by atoms with Crippen LogP contribution in [-0.2, 0) is 14.8 Å². The van der Waals surface area contributed by atoms with Gasteiger partial charge in [-0.15, -0.1) is 22.9 Å². The van der Waals surface area contributed by atoms with Gasteiger partial charge in [0.15, 0.2) is 0 Å². The monoisotopic (exact) mass is 361 g/mol. The fourth-order valence-corrected chi connectivity index (χ4v) is 4.46. The van der Waals surface area contributed by atoms with E-state index >= 15 is 0 Å². The highest BCUT2D eigenvalue weighted by atomic mass is 79.9. The zero-order valence-electron chi connectivity index (χ0n) is 9.15. The van der Waals surface area contributed by atoms with E-state index in [1.165, 1.54) is 11.3 Å². The second-order valence-corrected chi connectivity index (χ2v) is 8.37. The predicted molar refractivity (Wildman–Crippen MR) is 73.3 cm³/mol. The molecule has 0 aliphatic carbocycles. The average Bonchev–Trinajstić information content (AvgIpc) is 2.65. The fourth-order valence-electron chi connectivity index (χ4n) is 1.13. The van der Waals surface area contributed by atoms with Crippen LogP contribution < -0.4 is 4.72 Å². The number of alkyl halides is 1. The molecule has 0 radical (unpaired) electrons. The first-order valence-electron chi connectivity index (χ1n) is 4.83. The molecule has 4 nitrogen and oxygen atoms in total. The molecule has 0 saturated carbocycles. The Bertz CT molecular complexity index is 449. The number of methoxy groups -OCH3 is 1. The van der Waals surface area contributed by atoms with Gasteiger partial charge in [0, 0.05) is 13.7 Å². The lowest BCUT2D eigenvalue weighted by Gasteiger charge is -2.08. The van der Waals surface area contributed by atoms with Crippen molar-refractivity contribution in [3.05, 3.63) is 15.9 Å². The van der Waals surface area contributed by atoms with Crippen molar-refractivity contribution in [2.45, 2.75) is 16.0 Å². The van der Waals surface area contributed by atoms with E-state index in [1.807, 2.05) is 0 Å². The van der Waals surface area contributed by atoms with Gasteiger partial charge in [0.25, 0.3) is 0 Å². The van der Waals surface area contributed by atoms with Crippen LogP contribution in [0.3, 0.4) is 0 Å². The van der Waals surface area contributed by atoms with Crippen LogP contribution in [0.25, 0.3) is 0 Å². The molecule has 17 heavy (non-hydrogen) atoms. The van der Waals surface area contributed by atoms with Gasteiger partial charge < -0.3 is 4.74 Å². The van der Waals surface area contributed by atoms with E-state index in [2.05, 4.69) is 20.7 Å². The summed E-state index contributed by atoms with van der Waals surface area (Å²) in [5, 5.41) is -0.183. The summed E-state index contributed by atoms with van der Waals surface area (Å²) in [6, 6.07) is 3.26. The van der Waals surface area contributed by atoms with E-state index in [0.29, 0.717) is 23.8 Å². The molecule has 0 bridgehead atoms. The van der Waals surface area contributed by atoms with E-state index in [1.54, 1.807) is 19.2 Å². The summed E-state index contributed by atoms with van der Waals surface area (Å²) in [5.74, 6) is 0. The molecule has 1 heterocycles. The standard InChI is InChI=1S/C9H13BrClNO3S2/c1-15-6-7(11)4-5-12-17(13,14)9-3-2-8(10)16-9/h2-3,7,12H,4-6H2,1H3. The Morgan fingerprint density at radius 2 is 2.29 bits per heavy atom. The zero-order valence-corrected chi connectivity index (χ0v) is 13.1. The molecule has 0 aliphatic rings. The molecule has 0 spiro atoms. The Morgan fingerprint density at radius 1 is 1.59 bits per heavy atom. The molecule has 1 atom stereocenters. The van der Waals surface area contributed by atoms with Crippen molar-refractivity contribution in [1.82, 2.24) is 4.72 Å². The average molecular weight is 363 g/mol. The highest BCUT2D eigenvalue weighted by Crippen LogP contribution is 2.25. The van der Waals surface area contributed by atoms with Crippen LogP contribution in [0.1, 0.15) is 6.42 Å². The van der Waals surface area contributed by atoms with Gasteiger partial charge in [-0.2, -0.15) is 0 Å². The Labute approximate surface area is 118 Å². The third kappa shape index (κ3) is 5.23. The van der Waals surface area contributed by atoms with Gasteiger partial charge in [-0.25, -0.2) is 13.1 Å². The van der Waals surface area contributed by atoms with Crippen molar-refractivity contribution in [3.8, 4) is 0 Å². The number of hydrogen-bond donors (Lipinski definition) is 1. The SMILES string of the molecule is COCC(Cl)CCNS(=O)(=O)c1ccc(Br)s1. The van der Waals surface area contributed by atoms with E-state index in [9.17, 15) is 8.42 Å².